The van der Waals surface area contributed by atoms with Crippen LogP contribution >= 0.6 is 11.8 Å². The lowest BCUT2D eigenvalue weighted by atomic mass is 10.2. The normalized spacial score (nSPS) is 18.4. The van der Waals surface area contributed by atoms with Crippen LogP contribution in [-0.4, -0.2) is 57.5 Å². The van der Waals surface area contributed by atoms with Crippen LogP contribution in [0, 0.1) is 0 Å². The molecule has 0 saturated carbocycles. The van der Waals surface area contributed by atoms with Crippen molar-refractivity contribution in [3.05, 3.63) is 48.0 Å². The number of carbonyl (C=O) groups excluding carboxylic acids is 2. The number of carbonyl (C=O) groups is 2. The van der Waals surface area contributed by atoms with Gasteiger partial charge in [0.1, 0.15) is 0 Å². The average Bonchev–Trinajstić information content (AvgIpc) is 3.44. The number of amidine groups is 1. The second-order valence-corrected chi connectivity index (χ2v) is 10.7. The van der Waals surface area contributed by atoms with Gasteiger partial charge >= 0.3 is 5.97 Å². The zero-order valence-corrected chi connectivity index (χ0v) is 19.3. The molecule has 2 aromatic carbocycles. The van der Waals surface area contributed by atoms with Crippen LogP contribution in [0.2, 0.25) is 0 Å². The minimum absolute atomic E-state index is 0.0453. The molecular formula is C22H22N4O5S2. The third-order valence-electron chi connectivity index (χ3n) is 5.67. The molecule has 0 spiro atoms. The third-order valence-corrected chi connectivity index (χ3v) is 7.97. The second-order valence-electron chi connectivity index (χ2n) is 7.96. The van der Waals surface area contributed by atoms with Crippen molar-refractivity contribution in [2.75, 3.05) is 47.1 Å². The number of benzene rings is 2. The van der Waals surface area contributed by atoms with Gasteiger partial charge in [-0.25, -0.2) is 13.2 Å². The molecule has 3 aliphatic heterocycles. The maximum absolute atomic E-state index is 12.5. The number of hydrogen-bond acceptors (Lipinski definition) is 8. The number of sulfonamides is 1. The van der Waals surface area contributed by atoms with Crippen molar-refractivity contribution in [3.63, 3.8) is 0 Å². The van der Waals surface area contributed by atoms with Crippen LogP contribution < -0.4 is 15.1 Å². The van der Waals surface area contributed by atoms with Gasteiger partial charge in [-0.3, -0.25) is 4.79 Å². The first-order valence-corrected chi connectivity index (χ1v) is 13.0. The third kappa shape index (κ3) is 4.69. The first kappa shape index (κ1) is 21.8. The Labute approximate surface area is 195 Å². The van der Waals surface area contributed by atoms with Gasteiger partial charge in [-0.15, -0.1) is 4.40 Å². The van der Waals surface area contributed by atoms with E-state index >= 15 is 0 Å². The number of hydrogen-bond donors (Lipinski definition) is 1. The zero-order valence-electron chi connectivity index (χ0n) is 17.7. The summed E-state index contributed by atoms with van der Waals surface area (Å²) in [6.07, 6.45) is 2.39. The van der Waals surface area contributed by atoms with E-state index in [0.717, 1.165) is 29.4 Å². The smallest absolute Gasteiger partial charge is 0.338 e. The van der Waals surface area contributed by atoms with E-state index in [1.165, 1.54) is 24.6 Å². The standard InChI is InChI=1S/C22H22N4O5S2/c27-20(23-16-4-6-17(7-5-16)25-9-1-2-10-25)14-31-21(28)15-3-8-18-19(13-15)32-22-24-33(29,30)12-11-26(18)22/h3-8,13H,1-2,9-12,14H2,(H,23,27). The molecular weight excluding hydrogens is 464 g/mol. The molecule has 1 N–H and O–H groups in total. The van der Waals surface area contributed by atoms with Crippen LogP contribution in [0.4, 0.5) is 17.1 Å². The SMILES string of the molecule is O=C(COC(=O)c1ccc2c(c1)SC1=NS(=O)(=O)CCN12)Nc1ccc(N2CCCC2)cc1. The summed E-state index contributed by atoms with van der Waals surface area (Å²) in [6, 6.07) is 12.6. The minimum atomic E-state index is -3.45. The van der Waals surface area contributed by atoms with Crippen molar-refractivity contribution in [1.29, 1.82) is 0 Å². The zero-order chi connectivity index (χ0) is 23.0. The monoisotopic (exact) mass is 486 g/mol. The highest BCUT2D eigenvalue weighted by Gasteiger charge is 2.33. The molecule has 0 bridgehead atoms. The second kappa shape index (κ2) is 8.71. The molecule has 0 radical (unpaired) electrons. The summed E-state index contributed by atoms with van der Waals surface area (Å²) >= 11 is 1.20. The maximum Gasteiger partial charge on any atom is 0.338 e. The van der Waals surface area contributed by atoms with E-state index in [-0.39, 0.29) is 11.3 Å². The fraction of sp³-hybridized carbons (Fsp3) is 0.318. The van der Waals surface area contributed by atoms with Crippen molar-refractivity contribution >= 4 is 55.9 Å². The van der Waals surface area contributed by atoms with E-state index in [1.54, 1.807) is 18.2 Å². The quantitative estimate of drug-likeness (QED) is 0.643. The van der Waals surface area contributed by atoms with E-state index < -0.39 is 28.5 Å². The highest BCUT2D eigenvalue weighted by molar-refractivity contribution is 8.15. The van der Waals surface area contributed by atoms with Gasteiger partial charge in [0.2, 0.25) is 0 Å². The fourth-order valence-electron chi connectivity index (χ4n) is 4.00. The van der Waals surface area contributed by atoms with Crippen molar-refractivity contribution in [3.8, 4) is 0 Å². The van der Waals surface area contributed by atoms with Crippen LogP contribution in [0.25, 0.3) is 0 Å². The number of fused-ring (bicyclic) bond motifs is 3. The van der Waals surface area contributed by atoms with Crippen LogP contribution in [0.1, 0.15) is 23.2 Å². The molecule has 9 nitrogen and oxygen atoms in total. The summed E-state index contributed by atoms with van der Waals surface area (Å²) in [6.45, 7) is 2.01. The van der Waals surface area contributed by atoms with Gasteiger partial charge in [0, 0.05) is 35.9 Å². The molecule has 5 rings (SSSR count). The van der Waals surface area contributed by atoms with Gasteiger partial charge in [0.25, 0.3) is 15.9 Å². The first-order valence-electron chi connectivity index (χ1n) is 10.6. The number of esters is 1. The van der Waals surface area contributed by atoms with E-state index in [1.807, 2.05) is 29.2 Å². The molecule has 33 heavy (non-hydrogen) atoms. The van der Waals surface area contributed by atoms with E-state index in [2.05, 4.69) is 14.6 Å². The number of nitrogens with one attached hydrogen (secondary N) is 1. The van der Waals surface area contributed by atoms with Crippen molar-refractivity contribution in [2.24, 2.45) is 4.40 Å². The van der Waals surface area contributed by atoms with Crippen molar-refractivity contribution in [1.82, 2.24) is 0 Å². The lowest BCUT2D eigenvalue weighted by Crippen LogP contribution is -2.35. The number of ether oxygens (including phenoxy) is 1. The summed E-state index contributed by atoms with van der Waals surface area (Å²) in [7, 11) is -3.45. The molecule has 11 heteroatoms. The van der Waals surface area contributed by atoms with Crippen molar-refractivity contribution < 1.29 is 22.7 Å². The molecule has 1 saturated heterocycles. The van der Waals surface area contributed by atoms with E-state index in [0.29, 0.717) is 17.4 Å². The number of amides is 1. The summed E-state index contributed by atoms with van der Waals surface area (Å²) in [4.78, 5) is 29.5. The summed E-state index contributed by atoms with van der Waals surface area (Å²) < 4.78 is 32.4. The summed E-state index contributed by atoms with van der Waals surface area (Å²) in [5.74, 6) is -1.10. The Bertz CT molecular complexity index is 1240. The predicted molar refractivity (Wildman–Crippen MR) is 128 cm³/mol. The van der Waals surface area contributed by atoms with Crippen LogP contribution in [-0.2, 0) is 19.6 Å². The molecule has 0 unspecified atom stereocenters. The molecule has 1 fully saturated rings. The largest absolute Gasteiger partial charge is 0.452 e. The molecule has 0 aliphatic carbocycles. The van der Waals surface area contributed by atoms with Gasteiger partial charge in [-0.2, -0.15) is 0 Å². The van der Waals surface area contributed by atoms with Gasteiger partial charge < -0.3 is 19.9 Å². The van der Waals surface area contributed by atoms with Crippen molar-refractivity contribution in [2.45, 2.75) is 17.7 Å². The van der Waals surface area contributed by atoms with Gasteiger partial charge in [0.15, 0.2) is 11.8 Å². The van der Waals surface area contributed by atoms with Gasteiger partial charge in [0.05, 0.1) is 17.0 Å². The Morgan fingerprint density at radius 3 is 2.58 bits per heavy atom. The first-order chi connectivity index (χ1) is 15.9. The Balaban J connectivity index is 1.17. The van der Waals surface area contributed by atoms with E-state index in [4.69, 9.17) is 4.74 Å². The lowest BCUT2D eigenvalue weighted by Gasteiger charge is -2.22. The topological polar surface area (TPSA) is 108 Å². The molecule has 1 amide bonds. The Morgan fingerprint density at radius 1 is 1.06 bits per heavy atom. The predicted octanol–water partition coefficient (Wildman–Crippen LogP) is 2.69. The molecule has 0 aromatic heterocycles. The molecule has 2 aromatic rings. The number of thioether (sulfide) groups is 1. The highest BCUT2D eigenvalue weighted by Crippen LogP contribution is 2.42. The average molecular weight is 487 g/mol. The minimum Gasteiger partial charge on any atom is -0.452 e. The number of anilines is 3. The number of rotatable bonds is 5. The van der Waals surface area contributed by atoms with E-state index in [9.17, 15) is 18.0 Å². The van der Waals surface area contributed by atoms with Gasteiger partial charge in [-0.05, 0) is 67.1 Å². The van der Waals surface area contributed by atoms with Crippen LogP contribution in [0.15, 0.2) is 51.8 Å². The van der Waals surface area contributed by atoms with Crippen LogP contribution in [0.3, 0.4) is 0 Å². The fourth-order valence-corrected chi connectivity index (χ4v) is 6.30. The lowest BCUT2D eigenvalue weighted by molar-refractivity contribution is -0.119. The number of nitrogens with zero attached hydrogens (tertiary/aromatic N) is 3. The molecule has 3 heterocycles. The summed E-state index contributed by atoms with van der Waals surface area (Å²) in [5, 5.41) is 3.12. The molecule has 3 aliphatic rings. The van der Waals surface area contributed by atoms with Gasteiger partial charge in [-0.1, -0.05) is 0 Å². The Kier molecular flexibility index (Phi) is 5.75. The van der Waals surface area contributed by atoms with Crippen LogP contribution in [0.5, 0.6) is 0 Å². The molecule has 0 atom stereocenters. The highest BCUT2D eigenvalue weighted by atomic mass is 32.2. The summed E-state index contributed by atoms with van der Waals surface area (Å²) in [5.41, 5.74) is 2.86. The Morgan fingerprint density at radius 2 is 1.82 bits per heavy atom. The maximum atomic E-state index is 12.5. The molecule has 172 valence electrons. The Hall–Kier alpha value is -3.05.